The van der Waals surface area contributed by atoms with E-state index in [2.05, 4.69) is 9.97 Å². The summed E-state index contributed by atoms with van der Waals surface area (Å²) in [5.41, 5.74) is 0.227. The number of alkyl halides is 6. The molecule has 0 amide bonds. The Morgan fingerprint density at radius 1 is 0.929 bits per heavy atom. The van der Waals surface area contributed by atoms with Crippen molar-refractivity contribution in [2.45, 2.75) is 44.2 Å². The molecule has 0 bridgehead atoms. The molecule has 0 saturated heterocycles. The summed E-state index contributed by atoms with van der Waals surface area (Å²) in [6.45, 7) is -3.13. The van der Waals surface area contributed by atoms with Crippen molar-refractivity contribution in [1.29, 1.82) is 0 Å². The van der Waals surface area contributed by atoms with Crippen LogP contribution in [0, 0.1) is 5.82 Å². The number of carbonyl (C=O) groups is 1. The predicted octanol–water partition coefficient (Wildman–Crippen LogP) is 3.78. The minimum Gasteiger partial charge on any atom is -0.357 e. The fourth-order valence-electron chi connectivity index (χ4n) is 2.44. The number of rotatable bonds is 9. The number of hydrogen-bond acceptors (Lipinski definition) is 5. The highest BCUT2D eigenvalue weighted by Crippen LogP contribution is 2.29. The Morgan fingerprint density at radius 2 is 1.43 bits per heavy atom. The highest BCUT2D eigenvalue weighted by Gasteiger charge is 2.28. The molecule has 1 aliphatic carbocycles. The van der Waals surface area contributed by atoms with Gasteiger partial charge >= 0.3 is 0 Å². The second kappa shape index (κ2) is 9.69. The van der Waals surface area contributed by atoms with Gasteiger partial charge in [-0.2, -0.15) is 4.39 Å². The number of anilines is 2. The molecule has 5 nitrogen and oxygen atoms in total. The molecule has 0 fully saturated rings. The minimum absolute atomic E-state index is 0.227. The summed E-state index contributed by atoms with van der Waals surface area (Å²) in [6.07, 6.45) is -4.29. The standard InChI is InChI=1S/C16H17F7N4O/c17-5-9(12(20)21)24-15-11(19)16(25-10(6-18)13(22)23)27-14(26-15)7-2-1-3-8(28)4-7/h4,9-10,12-13H,1-3,5-6H2,(H2,24,25,26,27). The summed E-state index contributed by atoms with van der Waals surface area (Å²) < 4.78 is 91.3. The molecule has 1 heterocycles. The number of ketones is 1. The Hall–Kier alpha value is -2.40. The highest BCUT2D eigenvalue weighted by molar-refractivity contribution is 5.97. The first-order chi connectivity index (χ1) is 13.3. The normalized spacial score (nSPS) is 16.9. The SMILES string of the molecule is O=C1C=C(c2nc(NC(CF)C(F)F)c(F)c(NC(CF)C(F)F)n2)CCC1. The highest BCUT2D eigenvalue weighted by atomic mass is 19.3. The summed E-state index contributed by atoms with van der Waals surface area (Å²) in [7, 11) is 0. The summed E-state index contributed by atoms with van der Waals surface area (Å²) in [5, 5.41) is 3.73. The van der Waals surface area contributed by atoms with E-state index >= 15 is 0 Å². The smallest absolute Gasteiger partial charge is 0.260 e. The summed E-state index contributed by atoms with van der Waals surface area (Å²) >= 11 is 0. The molecule has 0 radical (unpaired) electrons. The quantitative estimate of drug-likeness (QED) is 0.602. The fraction of sp³-hybridized carbons (Fsp3) is 0.562. The van der Waals surface area contributed by atoms with Crippen molar-refractivity contribution in [3.05, 3.63) is 17.7 Å². The molecular weight excluding hydrogens is 397 g/mol. The molecule has 28 heavy (non-hydrogen) atoms. The minimum atomic E-state index is -3.21. The lowest BCUT2D eigenvalue weighted by atomic mass is 9.98. The molecule has 0 saturated carbocycles. The van der Waals surface area contributed by atoms with Gasteiger partial charge in [0.05, 0.1) is 0 Å². The van der Waals surface area contributed by atoms with E-state index in [0.717, 1.165) is 0 Å². The van der Waals surface area contributed by atoms with Gasteiger partial charge in [-0.1, -0.05) is 0 Å². The average Bonchev–Trinajstić information content (AvgIpc) is 2.65. The molecule has 12 heteroatoms. The van der Waals surface area contributed by atoms with Gasteiger partial charge in [0.25, 0.3) is 12.9 Å². The van der Waals surface area contributed by atoms with Gasteiger partial charge in [0.2, 0.25) is 5.82 Å². The molecule has 156 valence electrons. The number of allylic oxidation sites excluding steroid dienone is 2. The van der Waals surface area contributed by atoms with Crippen LogP contribution in [0.15, 0.2) is 6.08 Å². The third-order valence-corrected chi connectivity index (χ3v) is 3.93. The molecule has 0 spiro atoms. The van der Waals surface area contributed by atoms with Crippen molar-refractivity contribution in [3.63, 3.8) is 0 Å². The molecule has 0 aliphatic heterocycles. The molecule has 2 atom stereocenters. The molecule has 1 aromatic rings. The zero-order valence-corrected chi connectivity index (χ0v) is 14.4. The summed E-state index contributed by atoms with van der Waals surface area (Å²) in [5.74, 6) is -3.77. The van der Waals surface area contributed by atoms with Crippen molar-refractivity contribution in [1.82, 2.24) is 9.97 Å². The number of nitrogens with zero attached hydrogens (tertiary/aromatic N) is 2. The van der Waals surface area contributed by atoms with E-state index in [9.17, 15) is 35.5 Å². The molecule has 1 aromatic heterocycles. The third-order valence-electron chi connectivity index (χ3n) is 3.93. The van der Waals surface area contributed by atoms with E-state index in [1.165, 1.54) is 6.08 Å². The average molecular weight is 414 g/mol. The van der Waals surface area contributed by atoms with Crippen LogP contribution in [0.1, 0.15) is 25.1 Å². The van der Waals surface area contributed by atoms with Crippen LogP contribution in [0.3, 0.4) is 0 Å². The fourth-order valence-corrected chi connectivity index (χ4v) is 2.44. The van der Waals surface area contributed by atoms with E-state index < -0.39 is 55.7 Å². The first kappa shape index (κ1) is 21.9. The van der Waals surface area contributed by atoms with Gasteiger partial charge in [-0.05, 0) is 18.9 Å². The van der Waals surface area contributed by atoms with Crippen molar-refractivity contribution in [2.75, 3.05) is 24.0 Å². The first-order valence-corrected chi connectivity index (χ1v) is 8.29. The van der Waals surface area contributed by atoms with Gasteiger partial charge in [-0.25, -0.2) is 36.3 Å². The maximum atomic E-state index is 14.5. The van der Waals surface area contributed by atoms with Crippen LogP contribution < -0.4 is 10.6 Å². The molecule has 2 N–H and O–H groups in total. The molecular formula is C16H17F7N4O. The Bertz CT molecular complexity index is 690. The zero-order valence-electron chi connectivity index (χ0n) is 14.4. The Kier molecular flexibility index (Phi) is 7.58. The van der Waals surface area contributed by atoms with E-state index in [1.54, 1.807) is 0 Å². The maximum absolute atomic E-state index is 14.5. The lowest BCUT2D eigenvalue weighted by molar-refractivity contribution is -0.114. The van der Waals surface area contributed by atoms with E-state index in [0.29, 0.717) is 12.8 Å². The second-order valence-electron chi connectivity index (χ2n) is 6.03. The second-order valence-corrected chi connectivity index (χ2v) is 6.03. The van der Waals surface area contributed by atoms with Crippen LogP contribution in [0.25, 0.3) is 5.57 Å². The molecule has 2 rings (SSSR count). The van der Waals surface area contributed by atoms with E-state index in [-0.39, 0.29) is 23.6 Å². The topological polar surface area (TPSA) is 66.9 Å². The Labute approximate surface area is 155 Å². The van der Waals surface area contributed by atoms with Crippen molar-refractivity contribution < 1.29 is 35.5 Å². The van der Waals surface area contributed by atoms with Gasteiger partial charge < -0.3 is 10.6 Å². The lowest BCUT2D eigenvalue weighted by Crippen LogP contribution is -2.33. The summed E-state index contributed by atoms with van der Waals surface area (Å²) in [4.78, 5) is 19.0. The first-order valence-electron chi connectivity index (χ1n) is 8.29. The molecule has 0 aromatic carbocycles. The monoisotopic (exact) mass is 414 g/mol. The van der Waals surface area contributed by atoms with Gasteiger partial charge in [-0.15, -0.1) is 0 Å². The molecule has 1 aliphatic rings. The Morgan fingerprint density at radius 3 is 1.82 bits per heavy atom. The van der Waals surface area contributed by atoms with Crippen molar-refractivity contribution in [2.24, 2.45) is 0 Å². The van der Waals surface area contributed by atoms with Crippen LogP contribution >= 0.6 is 0 Å². The van der Waals surface area contributed by atoms with Crippen LogP contribution in [0.2, 0.25) is 0 Å². The van der Waals surface area contributed by atoms with Crippen LogP contribution in [-0.2, 0) is 4.79 Å². The largest absolute Gasteiger partial charge is 0.357 e. The van der Waals surface area contributed by atoms with Gasteiger partial charge in [0.1, 0.15) is 25.4 Å². The molecule has 2 unspecified atom stereocenters. The number of nitrogens with one attached hydrogen (secondary N) is 2. The maximum Gasteiger partial charge on any atom is 0.260 e. The van der Waals surface area contributed by atoms with Crippen LogP contribution in [0.5, 0.6) is 0 Å². The van der Waals surface area contributed by atoms with Crippen LogP contribution in [-0.4, -0.2) is 54.0 Å². The zero-order chi connectivity index (χ0) is 20.8. The van der Waals surface area contributed by atoms with Gasteiger partial charge in [0, 0.05) is 12.0 Å². The number of carbonyl (C=O) groups excluding carboxylic acids is 1. The van der Waals surface area contributed by atoms with E-state index in [4.69, 9.17) is 0 Å². The third kappa shape index (κ3) is 5.32. The predicted molar refractivity (Wildman–Crippen MR) is 87.6 cm³/mol. The summed E-state index contributed by atoms with van der Waals surface area (Å²) in [6, 6.07) is -4.22. The number of hydrogen-bond donors (Lipinski definition) is 2. The van der Waals surface area contributed by atoms with Gasteiger partial charge in [0.15, 0.2) is 23.2 Å². The van der Waals surface area contributed by atoms with Crippen molar-refractivity contribution >= 4 is 23.0 Å². The van der Waals surface area contributed by atoms with Gasteiger partial charge in [-0.3, -0.25) is 4.79 Å². The van der Waals surface area contributed by atoms with Crippen molar-refractivity contribution in [3.8, 4) is 0 Å². The Balaban J connectivity index is 2.49. The number of halogens is 7. The lowest BCUT2D eigenvalue weighted by Gasteiger charge is -2.21. The van der Waals surface area contributed by atoms with Crippen LogP contribution in [0.4, 0.5) is 42.4 Å². The number of aromatic nitrogens is 2. The van der Waals surface area contributed by atoms with E-state index in [1.807, 2.05) is 10.6 Å².